The number of carboxylic acid groups (broad SMARTS) is 1. The first-order valence-corrected chi connectivity index (χ1v) is 8.01. The second-order valence-corrected chi connectivity index (χ2v) is 5.02. The second kappa shape index (κ2) is 16.2. The van der Waals surface area contributed by atoms with Gasteiger partial charge in [-0.1, -0.05) is 0 Å². The molecule has 0 unspecified atom stereocenters. The van der Waals surface area contributed by atoms with Crippen LogP contribution in [0.15, 0.2) is 0 Å². The molecule has 0 saturated carbocycles. The highest BCUT2D eigenvalue weighted by atomic mass is 16.5. The molecule has 0 aromatic carbocycles. The Balaban J connectivity index is 3.13. The molecule has 0 heterocycles. The first-order chi connectivity index (χ1) is 10.7. The third-order valence-electron chi connectivity index (χ3n) is 2.90. The van der Waals surface area contributed by atoms with Gasteiger partial charge < -0.3 is 25.6 Å². The summed E-state index contributed by atoms with van der Waals surface area (Å²) in [4.78, 5) is 21.6. The van der Waals surface area contributed by atoms with Crippen LogP contribution in [0.1, 0.15) is 44.9 Å². The van der Waals surface area contributed by atoms with Crippen molar-refractivity contribution in [3.8, 4) is 0 Å². The first-order valence-electron chi connectivity index (χ1n) is 8.01. The topological polar surface area (TPSA) is 111 Å². The standard InChI is InChI=1S/C15H30N2O5/c16-8-4-12-21-10-1-2-11-22-13-5-9-17-14(18)6-3-7-15(19)20/h1-13,16H2,(H,17,18)(H,19,20). The van der Waals surface area contributed by atoms with Gasteiger partial charge in [0.25, 0.3) is 0 Å². The van der Waals surface area contributed by atoms with Gasteiger partial charge in [0.2, 0.25) is 5.91 Å². The van der Waals surface area contributed by atoms with Crippen LogP contribution >= 0.6 is 0 Å². The van der Waals surface area contributed by atoms with Gasteiger partial charge in [0.1, 0.15) is 0 Å². The molecule has 0 aliphatic heterocycles. The summed E-state index contributed by atoms with van der Waals surface area (Å²) in [5, 5.41) is 11.2. The maximum atomic E-state index is 11.3. The van der Waals surface area contributed by atoms with Gasteiger partial charge >= 0.3 is 5.97 Å². The Morgan fingerprint density at radius 2 is 1.45 bits per heavy atom. The van der Waals surface area contributed by atoms with E-state index in [1.807, 2.05) is 0 Å². The molecule has 0 aliphatic rings. The summed E-state index contributed by atoms with van der Waals surface area (Å²) >= 11 is 0. The predicted octanol–water partition coefficient (Wildman–Crippen LogP) is 0.910. The number of ether oxygens (including phenoxy) is 2. The molecule has 0 fully saturated rings. The average molecular weight is 318 g/mol. The Hall–Kier alpha value is -1.18. The van der Waals surface area contributed by atoms with Crippen LogP contribution in [-0.4, -0.2) is 56.5 Å². The molecule has 0 bridgehead atoms. The van der Waals surface area contributed by atoms with E-state index < -0.39 is 5.97 Å². The minimum Gasteiger partial charge on any atom is -0.481 e. The second-order valence-electron chi connectivity index (χ2n) is 5.02. The number of unbranched alkanes of at least 4 members (excludes halogenated alkanes) is 1. The number of nitrogens with two attached hydrogens (primary N) is 1. The summed E-state index contributed by atoms with van der Waals surface area (Å²) in [5.41, 5.74) is 5.35. The van der Waals surface area contributed by atoms with Crippen LogP contribution in [0, 0.1) is 0 Å². The summed E-state index contributed by atoms with van der Waals surface area (Å²) in [6.45, 7) is 4.02. The molecule has 0 radical (unpaired) electrons. The highest BCUT2D eigenvalue weighted by molar-refractivity contribution is 5.76. The zero-order chi connectivity index (χ0) is 16.5. The smallest absolute Gasteiger partial charge is 0.303 e. The lowest BCUT2D eigenvalue weighted by Crippen LogP contribution is -2.25. The Bertz CT molecular complexity index is 287. The monoisotopic (exact) mass is 318 g/mol. The van der Waals surface area contributed by atoms with Crippen LogP contribution in [0.2, 0.25) is 0 Å². The van der Waals surface area contributed by atoms with Crippen molar-refractivity contribution in [3.05, 3.63) is 0 Å². The minimum absolute atomic E-state index is 0.0342. The number of hydrogen-bond donors (Lipinski definition) is 3. The van der Waals surface area contributed by atoms with E-state index in [9.17, 15) is 9.59 Å². The fraction of sp³-hybridized carbons (Fsp3) is 0.867. The summed E-state index contributed by atoms with van der Waals surface area (Å²) in [5.74, 6) is -0.971. The van der Waals surface area contributed by atoms with Crippen LogP contribution in [0.25, 0.3) is 0 Å². The summed E-state index contributed by atoms with van der Waals surface area (Å²) in [6.07, 6.45) is 4.28. The SMILES string of the molecule is NCCCOCCCCOCCCNC(=O)CCCC(=O)O. The maximum absolute atomic E-state index is 11.3. The van der Waals surface area contributed by atoms with Crippen molar-refractivity contribution in [3.63, 3.8) is 0 Å². The highest BCUT2D eigenvalue weighted by Crippen LogP contribution is 1.96. The molecule has 7 nitrogen and oxygen atoms in total. The van der Waals surface area contributed by atoms with Gasteiger partial charge in [0, 0.05) is 45.8 Å². The van der Waals surface area contributed by atoms with Gasteiger partial charge in [-0.25, -0.2) is 0 Å². The highest BCUT2D eigenvalue weighted by Gasteiger charge is 2.02. The van der Waals surface area contributed by atoms with Crippen LogP contribution in [-0.2, 0) is 19.1 Å². The molecule has 130 valence electrons. The molecule has 0 atom stereocenters. The van der Waals surface area contributed by atoms with Crippen molar-refractivity contribution in [1.29, 1.82) is 0 Å². The fourth-order valence-corrected chi connectivity index (χ4v) is 1.69. The minimum atomic E-state index is -0.869. The van der Waals surface area contributed by atoms with E-state index in [2.05, 4.69) is 5.32 Å². The van der Waals surface area contributed by atoms with Gasteiger partial charge in [-0.2, -0.15) is 0 Å². The van der Waals surface area contributed by atoms with E-state index in [1.54, 1.807) is 0 Å². The molecule has 4 N–H and O–H groups in total. The van der Waals surface area contributed by atoms with Crippen LogP contribution < -0.4 is 11.1 Å². The first kappa shape index (κ1) is 20.8. The molecule has 0 aromatic rings. The number of carboxylic acids is 1. The molecule has 0 aromatic heterocycles. The summed E-state index contributed by atoms with van der Waals surface area (Å²) < 4.78 is 10.8. The largest absolute Gasteiger partial charge is 0.481 e. The Morgan fingerprint density at radius 1 is 0.864 bits per heavy atom. The number of hydrogen-bond acceptors (Lipinski definition) is 5. The van der Waals surface area contributed by atoms with Crippen LogP contribution in [0.3, 0.4) is 0 Å². The molecule has 0 aliphatic carbocycles. The lowest BCUT2D eigenvalue weighted by atomic mass is 10.2. The number of rotatable bonds is 16. The summed E-state index contributed by atoms with van der Waals surface area (Å²) in [6, 6.07) is 0. The van der Waals surface area contributed by atoms with Gasteiger partial charge in [0.15, 0.2) is 0 Å². The van der Waals surface area contributed by atoms with Gasteiger partial charge in [0.05, 0.1) is 0 Å². The molecule has 0 saturated heterocycles. The van der Waals surface area contributed by atoms with E-state index in [4.69, 9.17) is 20.3 Å². The van der Waals surface area contributed by atoms with E-state index in [-0.39, 0.29) is 18.7 Å². The normalized spacial score (nSPS) is 10.6. The Morgan fingerprint density at radius 3 is 2.05 bits per heavy atom. The number of carbonyl (C=O) groups excluding carboxylic acids is 1. The zero-order valence-electron chi connectivity index (χ0n) is 13.3. The van der Waals surface area contributed by atoms with Crippen molar-refractivity contribution >= 4 is 11.9 Å². The molecular formula is C15H30N2O5. The van der Waals surface area contributed by atoms with Gasteiger partial charge in [-0.05, 0) is 38.6 Å². The molecular weight excluding hydrogens is 288 g/mol. The van der Waals surface area contributed by atoms with E-state index in [0.717, 1.165) is 38.9 Å². The molecule has 0 spiro atoms. The van der Waals surface area contributed by atoms with Crippen molar-refractivity contribution < 1.29 is 24.2 Å². The van der Waals surface area contributed by atoms with Crippen LogP contribution in [0.5, 0.6) is 0 Å². The van der Waals surface area contributed by atoms with E-state index >= 15 is 0 Å². The van der Waals surface area contributed by atoms with Crippen molar-refractivity contribution in [2.45, 2.75) is 44.9 Å². The Kier molecular flexibility index (Phi) is 15.3. The predicted molar refractivity (Wildman–Crippen MR) is 83.7 cm³/mol. The van der Waals surface area contributed by atoms with Crippen LogP contribution in [0.4, 0.5) is 0 Å². The number of aliphatic carboxylic acids is 1. The zero-order valence-corrected chi connectivity index (χ0v) is 13.3. The Labute approximate surface area is 132 Å². The lowest BCUT2D eigenvalue weighted by Gasteiger charge is -2.06. The van der Waals surface area contributed by atoms with E-state index in [1.165, 1.54) is 0 Å². The molecule has 1 amide bonds. The molecule has 0 rings (SSSR count). The summed E-state index contributed by atoms with van der Waals surface area (Å²) in [7, 11) is 0. The van der Waals surface area contributed by atoms with Crippen molar-refractivity contribution in [1.82, 2.24) is 5.32 Å². The lowest BCUT2D eigenvalue weighted by molar-refractivity contribution is -0.137. The third kappa shape index (κ3) is 16.9. The maximum Gasteiger partial charge on any atom is 0.303 e. The van der Waals surface area contributed by atoms with E-state index in [0.29, 0.717) is 32.7 Å². The van der Waals surface area contributed by atoms with Gasteiger partial charge in [-0.3, -0.25) is 9.59 Å². The fourth-order valence-electron chi connectivity index (χ4n) is 1.69. The van der Waals surface area contributed by atoms with Crippen molar-refractivity contribution in [2.24, 2.45) is 5.73 Å². The van der Waals surface area contributed by atoms with Crippen molar-refractivity contribution in [2.75, 3.05) is 39.5 Å². The number of carbonyl (C=O) groups is 2. The number of nitrogens with one attached hydrogen (secondary N) is 1. The molecule has 22 heavy (non-hydrogen) atoms. The molecule has 7 heteroatoms. The van der Waals surface area contributed by atoms with Gasteiger partial charge in [-0.15, -0.1) is 0 Å². The third-order valence-corrected chi connectivity index (χ3v) is 2.90. The quantitative estimate of drug-likeness (QED) is 0.365. The average Bonchev–Trinajstić information content (AvgIpc) is 2.48. The number of amides is 1.